The van der Waals surface area contributed by atoms with Crippen molar-refractivity contribution in [3.63, 3.8) is 0 Å². The second-order valence-electron chi connectivity index (χ2n) is 8.25. The van der Waals surface area contributed by atoms with Crippen molar-refractivity contribution in [1.29, 1.82) is 0 Å². The number of pyridine rings is 3. The summed E-state index contributed by atoms with van der Waals surface area (Å²) in [7, 11) is 0. The molecule has 0 spiro atoms. The summed E-state index contributed by atoms with van der Waals surface area (Å²) >= 11 is 1.76. The third-order valence-corrected chi connectivity index (χ3v) is 6.98. The van der Waals surface area contributed by atoms with Crippen LogP contribution in [0, 0.1) is 0 Å². The average Bonchev–Trinajstić information content (AvgIpc) is 3.45. The molecule has 5 heteroatoms. The van der Waals surface area contributed by atoms with Crippen molar-refractivity contribution in [3.8, 4) is 33.0 Å². The lowest BCUT2D eigenvalue weighted by atomic mass is 10.1. The highest BCUT2D eigenvalue weighted by molar-refractivity contribution is 7.19. The third kappa shape index (κ3) is 4.52. The Kier molecular flexibility index (Phi) is 6.04. The first-order chi connectivity index (χ1) is 17.8. The number of benzene rings is 2. The van der Waals surface area contributed by atoms with E-state index in [0.717, 1.165) is 44.5 Å². The molecular formula is C31H22N4S. The van der Waals surface area contributed by atoms with E-state index in [-0.39, 0.29) is 0 Å². The molecule has 0 bridgehead atoms. The second-order valence-corrected chi connectivity index (χ2v) is 9.32. The van der Waals surface area contributed by atoms with Crippen molar-refractivity contribution in [2.24, 2.45) is 0 Å². The average molecular weight is 483 g/mol. The van der Waals surface area contributed by atoms with Crippen LogP contribution in [0.25, 0.3) is 33.0 Å². The predicted molar refractivity (Wildman–Crippen MR) is 149 cm³/mol. The minimum atomic E-state index is 0.886. The number of thiophene rings is 1. The first-order valence-corrected chi connectivity index (χ1v) is 12.5. The summed E-state index contributed by atoms with van der Waals surface area (Å²) < 4.78 is 0. The summed E-state index contributed by atoms with van der Waals surface area (Å²) in [5.74, 6) is 0. The molecule has 0 unspecified atom stereocenters. The fourth-order valence-electron chi connectivity index (χ4n) is 4.16. The number of rotatable bonds is 6. The molecule has 36 heavy (non-hydrogen) atoms. The van der Waals surface area contributed by atoms with Crippen molar-refractivity contribution < 1.29 is 0 Å². The summed E-state index contributed by atoms with van der Waals surface area (Å²) in [6.07, 6.45) is 7.27. The van der Waals surface area contributed by atoms with Gasteiger partial charge in [0, 0.05) is 52.2 Å². The van der Waals surface area contributed by atoms with Crippen molar-refractivity contribution in [2.45, 2.75) is 0 Å². The molecule has 0 fully saturated rings. The Morgan fingerprint density at radius 1 is 0.528 bits per heavy atom. The molecular weight excluding hydrogens is 460 g/mol. The van der Waals surface area contributed by atoms with Crippen molar-refractivity contribution in [1.82, 2.24) is 15.0 Å². The molecule has 4 heterocycles. The minimum absolute atomic E-state index is 0.886. The molecule has 0 aliphatic heterocycles. The maximum atomic E-state index is 4.95. The van der Waals surface area contributed by atoms with Crippen LogP contribution in [0.15, 0.2) is 134 Å². The lowest BCUT2D eigenvalue weighted by Crippen LogP contribution is -2.07. The summed E-state index contributed by atoms with van der Waals surface area (Å²) in [5, 5.41) is 1.14. The first-order valence-electron chi connectivity index (χ1n) is 11.7. The molecule has 4 aromatic heterocycles. The summed E-state index contributed by atoms with van der Waals surface area (Å²) in [5.41, 5.74) is 7.10. The van der Waals surface area contributed by atoms with Gasteiger partial charge in [-0.25, -0.2) is 4.98 Å². The first kappa shape index (κ1) is 21.9. The molecule has 6 aromatic rings. The van der Waals surface area contributed by atoms with Gasteiger partial charge in [0.05, 0.1) is 11.4 Å². The largest absolute Gasteiger partial charge is 0.302 e. The van der Waals surface area contributed by atoms with E-state index in [1.165, 1.54) is 4.88 Å². The lowest BCUT2D eigenvalue weighted by Gasteiger charge is -2.23. The SMILES string of the molecule is c1ccc(N(c2ccccc2)c2ccc(-c3cc(-c4cccnc4)nc(-c4cccnc4)c3)s2)cc1. The van der Waals surface area contributed by atoms with Crippen LogP contribution < -0.4 is 4.90 Å². The van der Waals surface area contributed by atoms with Crippen LogP contribution in [-0.2, 0) is 0 Å². The summed E-state index contributed by atoms with van der Waals surface area (Å²) in [4.78, 5) is 17.0. The van der Waals surface area contributed by atoms with E-state index >= 15 is 0 Å². The van der Waals surface area contributed by atoms with E-state index in [1.807, 2.05) is 48.8 Å². The van der Waals surface area contributed by atoms with E-state index < -0.39 is 0 Å². The highest BCUT2D eigenvalue weighted by Gasteiger charge is 2.16. The summed E-state index contributed by atoms with van der Waals surface area (Å²) in [6, 6.07) is 37.6. The second kappa shape index (κ2) is 9.94. The molecule has 0 aliphatic carbocycles. The smallest absolute Gasteiger partial charge is 0.101 e. The van der Waals surface area contributed by atoms with Gasteiger partial charge < -0.3 is 4.90 Å². The van der Waals surface area contributed by atoms with Gasteiger partial charge in [-0.1, -0.05) is 36.4 Å². The molecule has 2 aromatic carbocycles. The zero-order valence-electron chi connectivity index (χ0n) is 19.4. The van der Waals surface area contributed by atoms with Gasteiger partial charge in [-0.3, -0.25) is 9.97 Å². The number of para-hydroxylation sites is 2. The Morgan fingerprint density at radius 2 is 1.08 bits per heavy atom. The van der Waals surface area contributed by atoms with Crippen LogP contribution in [0.2, 0.25) is 0 Å². The van der Waals surface area contributed by atoms with E-state index in [9.17, 15) is 0 Å². The molecule has 0 amide bonds. The zero-order valence-corrected chi connectivity index (χ0v) is 20.2. The molecule has 4 nitrogen and oxygen atoms in total. The quantitative estimate of drug-likeness (QED) is 0.239. The van der Waals surface area contributed by atoms with Crippen LogP contribution >= 0.6 is 11.3 Å². The monoisotopic (exact) mass is 482 g/mol. The van der Waals surface area contributed by atoms with Crippen LogP contribution in [0.5, 0.6) is 0 Å². The molecule has 0 N–H and O–H groups in total. The number of nitrogens with zero attached hydrogens (tertiary/aromatic N) is 4. The van der Waals surface area contributed by atoms with E-state index in [1.54, 1.807) is 23.7 Å². The Morgan fingerprint density at radius 3 is 1.58 bits per heavy atom. The van der Waals surface area contributed by atoms with Gasteiger partial charge >= 0.3 is 0 Å². The van der Waals surface area contributed by atoms with Gasteiger partial charge in [0.2, 0.25) is 0 Å². The number of hydrogen-bond acceptors (Lipinski definition) is 5. The topological polar surface area (TPSA) is 41.9 Å². The van der Waals surface area contributed by atoms with Gasteiger partial charge in [-0.2, -0.15) is 0 Å². The van der Waals surface area contributed by atoms with Gasteiger partial charge in [-0.15, -0.1) is 11.3 Å². The van der Waals surface area contributed by atoms with Crippen LogP contribution in [-0.4, -0.2) is 15.0 Å². The molecule has 0 saturated heterocycles. The fraction of sp³-hybridized carbons (Fsp3) is 0. The zero-order chi connectivity index (χ0) is 24.2. The van der Waals surface area contributed by atoms with E-state index in [0.29, 0.717) is 0 Å². The van der Waals surface area contributed by atoms with Gasteiger partial charge in [-0.05, 0) is 78.4 Å². The van der Waals surface area contributed by atoms with Crippen LogP contribution in [0.1, 0.15) is 0 Å². The van der Waals surface area contributed by atoms with Crippen LogP contribution in [0.4, 0.5) is 16.4 Å². The van der Waals surface area contributed by atoms with Crippen molar-refractivity contribution >= 4 is 27.7 Å². The molecule has 0 aliphatic rings. The predicted octanol–water partition coefficient (Wildman–Crippen LogP) is 8.40. The van der Waals surface area contributed by atoms with E-state index in [4.69, 9.17) is 4.98 Å². The minimum Gasteiger partial charge on any atom is -0.302 e. The molecule has 0 atom stereocenters. The fourth-order valence-corrected chi connectivity index (χ4v) is 5.19. The lowest BCUT2D eigenvalue weighted by molar-refractivity contribution is 1.26. The standard InChI is InChI=1S/C31H22N4S/c1-3-11-26(12-4-1)35(27-13-5-2-6-14-27)31-16-15-30(36-31)25-19-28(23-9-7-17-32-21-23)34-29(20-25)24-10-8-18-33-22-24/h1-22H. The van der Waals surface area contributed by atoms with Crippen LogP contribution in [0.3, 0.4) is 0 Å². The highest BCUT2D eigenvalue weighted by atomic mass is 32.1. The summed E-state index contributed by atoms with van der Waals surface area (Å²) in [6.45, 7) is 0. The Labute approximate surface area is 214 Å². The Hall–Kier alpha value is -4.61. The Bertz CT molecular complexity index is 1470. The van der Waals surface area contributed by atoms with Crippen molar-refractivity contribution in [2.75, 3.05) is 4.90 Å². The molecule has 0 radical (unpaired) electrons. The normalized spacial score (nSPS) is 10.8. The maximum Gasteiger partial charge on any atom is 0.101 e. The van der Waals surface area contributed by atoms with Gasteiger partial charge in [0.1, 0.15) is 5.00 Å². The number of hydrogen-bond donors (Lipinski definition) is 0. The molecule has 172 valence electrons. The maximum absolute atomic E-state index is 4.95. The van der Waals surface area contributed by atoms with Crippen molar-refractivity contribution in [3.05, 3.63) is 134 Å². The number of aromatic nitrogens is 3. The highest BCUT2D eigenvalue weighted by Crippen LogP contribution is 2.42. The Balaban J connectivity index is 1.47. The van der Waals surface area contributed by atoms with Gasteiger partial charge in [0.25, 0.3) is 0 Å². The number of anilines is 3. The molecule has 6 rings (SSSR count). The van der Waals surface area contributed by atoms with E-state index in [2.05, 4.69) is 87.7 Å². The third-order valence-electron chi connectivity index (χ3n) is 5.87. The molecule has 0 saturated carbocycles. The van der Waals surface area contributed by atoms with Gasteiger partial charge in [0.15, 0.2) is 0 Å².